The molecule has 18 heavy (non-hydrogen) atoms. The van der Waals surface area contributed by atoms with Gasteiger partial charge in [0.2, 0.25) is 0 Å². The number of carbonyl (C=O) groups is 1. The van der Waals surface area contributed by atoms with Gasteiger partial charge in [-0.3, -0.25) is 14.9 Å². The first-order valence-electron chi connectivity index (χ1n) is 5.24. The van der Waals surface area contributed by atoms with Crippen molar-refractivity contribution in [3.63, 3.8) is 0 Å². The van der Waals surface area contributed by atoms with Gasteiger partial charge in [-0.2, -0.15) is 0 Å². The van der Waals surface area contributed by atoms with Gasteiger partial charge in [-0.15, -0.1) is 0 Å². The Labute approximate surface area is 108 Å². The second-order valence-corrected chi connectivity index (χ2v) is 4.61. The van der Waals surface area contributed by atoms with E-state index in [-0.39, 0.29) is 28.9 Å². The minimum absolute atomic E-state index is 0.0698. The van der Waals surface area contributed by atoms with E-state index in [9.17, 15) is 20.0 Å². The molecule has 1 atom stereocenters. The first kappa shape index (κ1) is 14.6. The first-order chi connectivity index (χ1) is 8.54. The molecule has 0 bridgehead atoms. The van der Waals surface area contributed by atoms with Crippen LogP contribution in [0, 0.1) is 10.1 Å². The Bertz CT molecular complexity index is 420. The number of ether oxygens (including phenoxy) is 1. The molecule has 0 saturated heterocycles. The van der Waals surface area contributed by atoms with Gasteiger partial charge >= 0.3 is 5.00 Å². The number of nitrogens with one attached hydrogen (secondary N) is 1. The zero-order valence-electron chi connectivity index (χ0n) is 9.79. The molecule has 1 unspecified atom stereocenters. The van der Waals surface area contributed by atoms with E-state index in [1.807, 2.05) is 0 Å². The summed E-state index contributed by atoms with van der Waals surface area (Å²) in [5.74, 6) is -0.377. The molecule has 0 fully saturated rings. The van der Waals surface area contributed by atoms with Gasteiger partial charge in [0.1, 0.15) is 0 Å². The van der Waals surface area contributed by atoms with Crippen LogP contribution in [0.3, 0.4) is 0 Å². The third-order valence-electron chi connectivity index (χ3n) is 2.12. The van der Waals surface area contributed by atoms with Gasteiger partial charge < -0.3 is 15.2 Å². The smallest absolute Gasteiger partial charge is 0.324 e. The largest absolute Gasteiger partial charge is 0.391 e. The Balaban J connectivity index is 2.38. The Morgan fingerprint density at radius 1 is 1.67 bits per heavy atom. The maximum absolute atomic E-state index is 11.6. The Kier molecular flexibility index (Phi) is 5.69. The fourth-order valence-electron chi connectivity index (χ4n) is 1.26. The lowest BCUT2D eigenvalue weighted by Crippen LogP contribution is -2.27. The topological polar surface area (TPSA) is 102 Å². The molecule has 0 aromatic carbocycles. The molecular formula is C10H14N2O5S. The number of hydrogen-bond donors (Lipinski definition) is 2. The molecule has 8 heteroatoms. The van der Waals surface area contributed by atoms with Crippen LogP contribution in [0.15, 0.2) is 12.1 Å². The molecule has 1 amide bonds. The normalized spacial score (nSPS) is 12.1. The van der Waals surface area contributed by atoms with E-state index in [4.69, 9.17) is 4.74 Å². The minimum atomic E-state index is -0.632. The third kappa shape index (κ3) is 4.40. The molecule has 0 aliphatic heterocycles. The summed E-state index contributed by atoms with van der Waals surface area (Å²) in [6.45, 7) is 0.495. The van der Waals surface area contributed by atoms with Gasteiger partial charge in [-0.1, -0.05) is 11.3 Å². The molecule has 1 aromatic heterocycles. The highest BCUT2D eigenvalue weighted by atomic mass is 32.1. The van der Waals surface area contributed by atoms with E-state index >= 15 is 0 Å². The number of nitrogens with zero attached hydrogens (tertiary/aromatic N) is 1. The molecule has 0 aliphatic carbocycles. The van der Waals surface area contributed by atoms with Crippen LogP contribution >= 0.6 is 11.3 Å². The van der Waals surface area contributed by atoms with Gasteiger partial charge in [0.15, 0.2) is 0 Å². The molecule has 2 N–H and O–H groups in total. The average molecular weight is 274 g/mol. The maximum atomic E-state index is 11.6. The summed E-state index contributed by atoms with van der Waals surface area (Å²) in [6, 6.07) is 2.70. The van der Waals surface area contributed by atoms with Crippen molar-refractivity contribution in [1.29, 1.82) is 0 Å². The summed E-state index contributed by atoms with van der Waals surface area (Å²) in [6.07, 6.45) is -0.263. The number of amides is 1. The van der Waals surface area contributed by atoms with Crippen LogP contribution < -0.4 is 5.32 Å². The Hall–Kier alpha value is -1.51. The highest BCUT2D eigenvalue weighted by Crippen LogP contribution is 2.23. The Morgan fingerprint density at radius 3 is 2.94 bits per heavy atom. The fraction of sp³-hybridized carbons (Fsp3) is 0.500. The second kappa shape index (κ2) is 7.04. The third-order valence-corrected chi connectivity index (χ3v) is 3.15. The highest BCUT2D eigenvalue weighted by Gasteiger charge is 2.15. The molecule has 0 saturated carbocycles. The van der Waals surface area contributed by atoms with Crippen molar-refractivity contribution >= 4 is 22.2 Å². The second-order valence-electron chi connectivity index (χ2n) is 3.55. The quantitative estimate of drug-likeness (QED) is 0.565. The van der Waals surface area contributed by atoms with Crippen LogP contribution in [-0.2, 0) is 4.74 Å². The van der Waals surface area contributed by atoms with Crippen LogP contribution in [0.4, 0.5) is 5.00 Å². The minimum Gasteiger partial charge on any atom is -0.391 e. The monoisotopic (exact) mass is 274 g/mol. The lowest BCUT2D eigenvalue weighted by molar-refractivity contribution is -0.380. The summed E-state index contributed by atoms with van der Waals surface area (Å²) >= 11 is 0.820. The number of aliphatic hydroxyl groups is 1. The number of thiophene rings is 1. The fourth-order valence-corrected chi connectivity index (χ4v) is 2.00. The van der Waals surface area contributed by atoms with Gasteiger partial charge in [-0.05, 0) is 12.5 Å². The summed E-state index contributed by atoms with van der Waals surface area (Å²) in [5.41, 5.74) is 0. The molecule has 1 aromatic rings. The van der Waals surface area contributed by atoms with Crippen LogP contribution in [0.5, 0.6) is 0 Å². The lowest BCUT2D eigenvalue weighted by atomic mass is 10.2. The summed E-state index contributed by atoms with van der Waals surface area (Å²) in [7, 11) is 1.48. The van der Waals surface area contributed by atoms with Crippen molar-refractivity contribution in [2.75, 3.05) is 20.3 Å². The molecule has 0 radical (unpaired) electrons. The van der Waals surface area contributed by atoms with E-state index < -0.39 is 11.0 Å². The van der Waals surface area contributed by atoms with E-state index in [0.717, 1.165) is 11.3 Å². The molecule has 1 rings (SSSR count). The van der Waals surface area contributed by atoms with Crippen molar-refractivity contribution in [1.82, 2.24) is 5.32 Å². The lowest BCUT2D eigenvalue weighted by Gasteiger charge is -2.09. The summed E-state index contributed by atoms with van der Waals surface area (Å²) in [5, 5.41) is 22.3. The van der Waals surface area contributed by atoms with Gasteiger partial charge in [0, 0.05) is 19.7 Å². The Morgan fingerprint density at radius 2 is 2.39 bits per heavy atom. The predicted molar refractivity (Wildman–Crippen MR) is 65.8 cm³/mol. The summed E-state index contributed by atoms with van der Waals surface area (Å²) < 4.78 is 4.74. The van der Waals surface area contributed by atoms with Gasteiger partial charge in [0.05, 0.1) is 22.5 Å². The summed E-state index contributed by atoms with van der Waals surface area (Å²) in [4.78, 5) is 21.8. The van der Waals surface area contributed by atoms with Crippen molar-refractivity contribution < 1.29 is 19.6 Å². The zero-order valence-corrected chi connectivity index (χ0v) is 10.6. The predicted octanol–water partition coefficient (Wildman–Crippen LogP) is 0.783. The standard InChI is InChI=1S/C10H14N2O5S/c1-17-6-7(13)4-5-11-10(14)8-2-3-9(18-8)12(15)16/h2-3,7,13H,4-6H2,1H3,(H,11,14). The maximum Gasteiger partial charge on any atom is 0.324 e. The molecule has 100 valence electrons. The van der Waals surface area contributed by atoms with Crippen molar-refractivity contribution in [3.05, 3.63) is 27.1 Å². The number of methoxy groups -OCH3 is 1. The molecule has 7 nitrogen and oxygen atoms in total. The average Bonchev–Trinajstić information content (AvgIpc) is 2.78. The molecule has 0 aliphatic rings. The van der Waals surface area contributed by atoms with E-state index in [1.54, 1.807) is 0 Å². The molecule has 1 heterocycles. The van der Waals surface area contributed by atoms with Gasteiger partial charge in [0.25, 0.3) is 5.91 Å². The molecular weight excluding hydrogens is 260 g/mol. The number of nitro groups is 1. The number of rotatable bonds is 7. The molecule has 0 spiro atoms. The highest BCUT2D eigenvalue weighted by molar-refractivity contribution is 7.17. The van der Waals surface area contributed by atoms with Crippen LogP contribution in [-0.4, -0.2) is 42.3 Å². The van der Waals surface area contributed by atoms with Crippen molar-refractivity contribution in [3.8, 4) is 0 Å². The number of carbonyl (C=O) groups excluding carboxylic acids is 1. The van der Waals surface area contributed by atoms with E-state index in [1.165, 1.54) is 19.2 Å². The number of aliphatic hydroxyl groups excluding tert-OH is 1. The first-order valence-corrected chi connectivity index (χ1v) is 6.05. The zero-order chi connectivity index (χ0) is 13.5. The van der Waals surface area contributed by atoms with Crippen LogP contribution in [0.1, 0.15) is 16.1 Å². The van der Waals surface area contributed by atoms with Crippen LogP contribution in [0.2, 0.25) is 0 Å². The van der Waals surface area contributed by atoms with Crippen molar-refractivity contribution in [2.45, 2.75) is 12.5 Å². The number of hydrogen-bond acceptors (Lipinski definition) is 6. The van der Waals surface area contributed by atoms with Crippen LogP contribution in [0.25, 0.3) is 0 Å². The van der Waals surface area contributed by atoms with E-state index in [0.29, 0.717) is 6.42 Å². The van der Waals surface area contributed by atoms with Crippen molar-refractivity contribution in [2.24, 2.45) is 0 Å². The van der Waals surface area contributed by atoms with Gasteiger partial charge in [-0.25, -0.2) is 0 Å². The van der Waals surface area contributed by atoms with E-state index in [2.05, 4.69) is 5.32 Å². The SMILES string of the molecule is COCC(O)CCNC(=O)c1ccc([N+](=O)[O-])s1.